The molecule has 2 aromatic heterocycles. The van der Waals surface area contributed by atoms with Crippen LogP contribution in [0.4, 0.5) is 0 Å². The predicted octanol–water partition coefficient (Wildman–Crippen LogP) is 5.33. The number of thiazole rings is 2. The van der Waals surface area contributed by atoms with E-state index < -0.39 is 0 Å². The van der Waals surface area contributed by atoms with Crippen LogP contribution in [0.2, 0.25) is 0 Å². The Kier molecular flexibility index (Phi) is 7.29. The second kappa shape index (κ2) is 10.6. The third-order valence-electron chi connectivity index (χ3n) is 7.24. The summed E-state index contributed by atoms with van der Waals surface area (Å²) in [6, 6.07) is 10.6. The van der Waals surface area contributed by atoms with Crippen LogP contribution in [0, 0.1) is 19.8 Å². The number of aryl methyl sites for hydroxylation is 2. The molecule has 2 saturated heterocycles. The van der Waals surface area contributed by atoms with E-state index in [1.165, 1.54) is 16.9 Å². The number of hydrogen-bond acceptors (Lipinski definition) is 6. The number of amides is 2. The van der Waals surface area contributed by atoms with Gasteiger partial charge in [-0.15, -0.1) is 22.7 Å². The van der Waals surface area contributed by atoms with E-state index in [9.17, 15) is 9.59 Å². The molecule has 5 rings (SSSR count). The Morgan fingerprint density at radius 3 is 2.23 bits per heavy atom. The van der Waals surface area contributed by atoms with Gasteiger partial charge in [0, 0.05) is 37.5 Å². The lowest BCUT2D eigenvalue weighted by Gasteiger charge is -2.32. The number of benzene rings is 1. The molecule has 2 amide bonds. The van der Waals surface area contributed by atoms with E-state index in [0.717, 1.165) is 78.9 Å². The lowest BCUT2D eigenvalue weighted by molar-refractivity contribution is 0.0685. The normalized spacial score (nSPS) is 17.7. The van der Waals surface area contributed by atoms with Crippen LogP contribution >= 0.6 is 22.7 Å². The first kappa shape index (κ1) is 24.1. The van der Waals surface area contributed by atoms with Crippen LogP contribution in [-0.2, 0) is 6.42 Å². The van der Waals surface area contributed by atoms with Gasteiger partial charge in [0.1, 0.15) is 10.6 Å². The van der Waals surface area contributed by atoms with E-state index >= 15 is 0 Å². The summed E-state index contributed by atoms with van der Waals surface area (Å²) in [6.07, 6.45) is 4.95. The van der Waals surface area contributed by atoms with Gasteiger partial charge < -0.3 is 9.80 Å². The molecular weight excluding hydrogens is 476 g/mol. The smallest absolute Gasteiger partial charge is 0.273 e. The second-order valence-electron chi connectivity index (χ2n) is 9.71. The average Bonchev–Trinajstić information content (AvgIpc) is 3.51. The van der Waals surface area contributed by atoms with Crippen molar-refractivity contribution in [2.24, 2.45) is 5.92 Å². The minimum Gasteiger partial charge on any atom is -0.338 e. The van der Waals surface area contributed by atoms with Crippen LogP contribution < -0.4 is 0 Å². The lowest BCUT2D eigenvalue weighted by atomic mass is 9.90. The number of carbonyl (C=O) groups excluding carboxylic acids is 2. The molecule has 0 unspecified atom stereocenters. The van der Waals surface area contributed by atoms with Gasteiger partial charge in [0.2, 0.25) is 0 Å². The summed E-state index contributed by atoms with van der Waals surface area (Å²) in [7, 11) is 0. The molecule has 0 N–H and O–H groups in total. The van der Waals surface area contributed by atoms with Crippen LogP contribution in [-0.4, -0.2) is 57.8 Å². The van der Waals surface area contributed by atoms with Gasteiger partial charge in [0.25, 0.3) is 11.8 Å². The number of rotatable bonds is 5. The summed E-state index contributed by atoms with van der Waals surface area (Å²) in [5.74, 6) is 1.11. The highest BCUT2D eigenvalue weighted by Crippen LogP contribution is 2.32. The fourth-order valence-corrected chi connectivity index (χ4v) is 7.08. The summed E-state index contributed by atoms with van der Waals surface area (Å²) < 4.78 is 0. The van der Waals surface area contributed by atoms with Crippen LogP contribution in [0.3, 0.4) is 0 Å². The minimum atomic E-state index is 0.0642. The monoisotopic (exact) mass is 508 g/mol. The number of likely N-dealkylation sites (tertiary alicyclic amines) is 2. The van der Waals surface area contributed by atoms with E-state index in [4.69, 9.17) is 4.98 Å². The SMILES string of the molecule is Cc1nc(C)c(C(=O)N2CCC(c3nc(C(=O)N4CCC(Cc5ccccc5)CC4)cs3)CC2)s1. The molecule has 0 spiro atoms. The maximum absolute atomic E-state index is 13.1. The molecule has 1 aromatic carbocycles. The lowest BCUT2D eigenvalue weighted by Crippen LogP contribution is -2.39. The third kappa shape index (κ3) is 5.48. The van der Waals surface area contributed by atoms with Crippen molar-refractivity contribution in [3.05, 3.63) is 67.6 Å². The standard InChI is InChI=1S/C27H32N4O2S2/c1-18-24(35-19(2)28-18)27(33)31-14-10-22(11-15-31)25-29-23(17-34-25)26(32)30-12-8-21(9-13-30)16-20-6-4-3-5-7-20/h3-7,17,21-22H,8-16H2,1-2H3. The van der Waals surface area contributed by atoms with Crippen molar-refractivity contribution >= 4 is 34.5 Å². The van der Waals surface area contributed by atoms with Gasteiger partial charge in [-0.3, -0.25) is 9.59 Å². The number of piperidine rings is 2. The molecule has 4 heterocycles. The molecule has 2 aliphatic heterocycles. The predicted molar refractivity (Wildman–Crippen MR) is 140 cm³/mol. The summed E-state index contributed by atoms with van der Waals surface area (Å²) in [5.41, 5.74) is 2.79. The molecular formula is C27H32N4O2S2. The van der Waals surface area contributed by atoms with Crippen LogP contribution in [0.5, 0.6) is 0 Å². The third-order valence-corrected chi connectivity index (χ3v) is 9.31. The highest BCUT2D eigenvalue weighted by atomic mass is 32.1. The minimum absolute atomic E-state index is 0.0642. The first-order chi connectivity index (χ1) is 17.0. The molecule has 0 aliphatic carbocycles. The Labute approximate surface area is 215 Å². The van der Waals surface area contributed by atoms with Crippen LogP contribution in [0.15, 0.2) is 35.7 Å². The van der Waals surface area contributed by atoms with Gasteiger partial charge in [-0.25, -0.2) is 9.97 Å². The first-order valence-electron chi connectivity index (χ1n) is 12.5. The molecule has 35 heavy (non-hydrogen) atoms. The highest BCUT2D eigenvalue weighted by Gasteiger charge is 2.30. The number of hydrogen-bond donors (Lipinski definition) is 0. The van der Waals surface area contributed by atoms with E-state index in [1.807, 2.05) is 29.0 Å². The quantitative estimate of drug-likeness (QED) is 0.467. The van der Waals surface area contributed by atoms with Gasteiger partial charge in [-0.1, -0.05) is 30.3 Å². The zero-order chi connectivity index (χ0) is 24.4. The molecule has 2 fully saturated rings. The van der Waals surface area contributed by atoms with Crippen molar-refractivity contribution < 1.29 is 9.59 Å². The Morgan fingerprint density at radius 2 is 1.57 bits per heavy atom. The molecule has 6 nitrogen and oxygen atoms in total. The fourth-order valence-electron chi connectivity index (χ4n) is 5.23. The van der Waals surface area contributed by atoms with Gasteiger partial charge in [0.15, 0.2) is 0 Å². The number of nitrogens with zero attached hydrogens (tertiary/aromatic N) is 4. The molecule has 0 bridgehead atoms. The Bertz CT molecular complexity index is 1170. The molecule has 0 radical (unpaired) electrons. The molecule has 0 saturated carbocycles. The first-order valence-corrected chi connectivity index (χ1v) is 14.2. The number of aromatic nitrogens is 2. The molecule has 3 aromatic rings. The Balaban J connectivity index is 1.12. The van der Waals surface area contributed by atoms with Crippen molar-refractivity contribution in [1.82, 2.24) is 19.8 Å². The Morgan fingerprint density at radius 1 is 0.914 bits per heavy atom. The topological polar surface area (TPSA) is 66.4 Å². The van der Waals surface area contributed by atoms with Gasteiger partial charge in [-0.2, -0.15) is 0 Å². The van der Waals surface area contributed by atoms with Gasteiger partial charge in [-0.05, 0) is 57.4 Å². The summed E-state index contributed by atoms with van der Waals surface area (Å²) in [5, 5.41) is 3.89. The van der Waals surface area contributed by atoms with E-state index in [2.05, 4.69) is 35.3 Å². The largest absolute Gasteiger partial charge is 0.338 e. The van der Waals surface area contributed by atoms with Crippen LogP contribution in [0.25, 0.3) is 0 Å². The maximum Gasteiger partial charge on any atom is 0.273 e. The molecule has 2 aliphatic rings. The van der Waals surface area contributed by atoms with Crippen molar-refractivity contribution in [3.8, 4) is 0 Å². The van der Waals surface area contributed by atoms with Gasteiger partial charge in [0.05, 0.1) is 15.7 Å². The zero-order valence-corrected chi connectivity index (χ0v) is 22.0. The highest BCUT2D eigenvalue weighted by molar-refractivity contribution is 7.13. The van der Waals surface area contributed by atoms with Crippen LogP contribution in [0.1, 0.15) is 73.0 Å². The molecule has 184 valence electrons. The average molecular weight is 509 g/mol. The summed E-state index contributed by atoms with van der Waals surface area (Å²) in [6.45, 7) is 6.90. The van der Waals surface area contributed by atoms with E-state index in [1.54, 1.807) is 11.3 Å². The zero-order valence-electron chi connectivity index (χ0n) is 20.4. The maximum atomic E-state index is 13.1. The van der Waals surface area contributed by atoms with Crippen molar-refractivity contribution in [2.45, 2.75) is 51.9 Å². The Hall–Kier alpha value is -2.58. The van der Waals surface area contributed by atoms with E-state index in [0.29, 0.717) is 17.5 Å². The van der Waals surface area contributed by atoms with Gasteiger partial charge >= 0.3 is 0 Å². The molecule has 0 atom stereocenters. The van der Waals surface area contributed by atoms with E-state index in [-0.39, 0.29) is 11.8 Å². The number of carbonyl (C=O) groups is 2. The van der Waals surface area contributed by atoms with Crippen molar-refractivity contribution in [1.29, 1.82) is 0 Å². The fraction of sp³-hybridized carbons (Fsp3) is 0.481. The second-order valence-corrected chi connectivity index (χ2v) is 11.8. The summed E-state index contributed by atoms with van der Waals surface area (Å²) in [4.78, 5) is 39.8. The van der Waals surface area contributed by atoms with Crippen molar-refractivity contribution in [3.63, 3.8) is 0 Å². The molecule has 8 heteroatoms. The van der Waals surface area contributed by atoms with Crippen molar-refractivity contribution in [2.75, 3.05) is 26.2 Å². The summed E-state index contributed by atoms with van der Waals surface area (Å²) >= 11 is 3.07.